The normalized spacial score (nSPS) is 10.5. The van der Waals surface area contributed by atoms with E-state index >= 15 is 0 Å². The predicted octanol–water partition coefficient (Wildman–Crippen LogP) is 5.26. The van der Waals surface area contributed by atoms with Crippen LogP contribution in [0.15, 0.2) is 54.6 Å². The molecule has 136 valence electrons. The van der Waals surface area contributed by atoms with Crippen molar-refractivity contribution in [3.05, 3.63) is 80.4 Å². The summed E-state index contributed by atoms with van der Waals surface area (Å²) in [6.45, 7) is 0.943. The van der Waals surface area contributed by atoms with E-state index in [1.54, 1.807) is 0 Å². The van der Waals surface area contributed by atoms with Crippen molar-refractivity contribution in [3.8, 4) is 0 Å². The van der Waals surface area contributed by atoms with Crippen molar-refractivity contribution < 1.29 is 19.4 Å². The average Bonchev–Trinajstić information content (AvgIpc) is 2.88. The molecule has 1 N–H and O–H groups in total. The second-order valence-corrected chi connectivity index (χ2v) is 10.8. The molecule has 0 amide bonds. The van der Waals surface area contributed by atoms with Gasteiger partial charge in [-0.05, 0) is 17.7 Å². The predicted molar refractivity (Wildman–Crippen MR) is 115 cm³/mol. The number of halogens is 3. The molecule has 0 atom stereocenters. The van der Waals surface area contributed by atoms with E-state index in [0.29, 0.717) is 0 Å². The van der Waals surface area contributed by atoms with Gasteiger partial charge in [-0.15, -0.1) is 0 Å². The van der Waals surface area contributed by atoms with Crippen LogP contribution in [0.25, 0.3) is 0 Å². The molecule has 0 unspecified atom stereocenters. The molecule has 3 rings (SSSR count). The summed E-state index contributed by atoms with van der Waals surface area (Å²) >= 11 is 12.4. The number of H-pyrrole nitrogens is 1. The van der Waals surface area contributed by atoms with Crippen molar-refractivity contribution in [2.24, 2.45) is 7.05 Å². The standard InChI is InChI=1S/C10H11N3.C7H6ClI2N.Pt/c1-13-8-11-10(12-13)7-9-5-3-2-4-6-9;8-7-3-1-6(2-4-7)5-11(9)10;/h2-6H,7H2,1H3,(H,11,12);1-4H,5H2;. The molecule has 1 heterocycles. The van der Waals surface area contributed by atoms with Crippen LogP contribution in [0.4, 0.5) is 0 Å². The molecule has 2 aromatic carbocycles. The summed E-state index contributed by atoms with van der Waals surface area (Å²) in [4.78, 5) is 4.40. The Morgan fingerprint density at radius 3 is 2.24 bits per heavy atom. The molecular weight excluding hydrogens is 745 g/mol. The molecular formula is C17H17ClI2N4Pt. The summed E-state index contributed by atoms with van der Waals surface area (Å²) in [7, 11) is 1.96. The number of hydrogen-bond donors (Lipinski definition) is 1. The van der Waals surface area contributed by atoms with Crippen LogP contribution in [-0.2, 0) is 39.4 Å². The Balaban J connectivity index is 0.000000186. The van der Waals surface area contributed by atoms with Gasteiger partial charge in [-0.25, -0.2) is 0 Å². The molecule has 1 aromatic heterocycles. The van der Waals surface area contributed by atoms with E-state index in [2.05, 4.69) is 88.6 Å². The van der Waals surface area contributed by atoms with Crippen LogP contribution in [0, 0.1) is 3.80 Å². The van der Waals surface area contributed by atoms with Gasteiger partial charge in [-0.1, -0.05) is 23.7 Å². The van der Waals surface area contributed by atoms with Crippen molar-refractivity contribution in [3.63, 3.8) is 0 Å². The molecule has 0 saturated heterocycles. The van der Waals surface area contributed by atoms with Crippen LogP contribution in [-0.4, -0.2) is 16.1 Å². The third-order valence-corrected chi connectivity index (χ3v) is 5.15. The van der Waals surface area contributed by atoms with Gasteiger partial charge in [0.15, 0.2) is 0 Å². The van der Waals surface area contributed by atoms with E-state index in [1.165, 1.54) is 11.1 Å². The van der Waals surface area contributed by atoms with Crippen molar-refractivity contribution in [2.45, 2.75) is 13.0 Å². The first kappa shape index (κ1) is 21.3. The Hall–Kier alpha value is -0.0217. The number of aromatic amines is 1. The quantitative estimate of drug-likeness (QED) is 0.291. The van der Waals surface area contributed by atoms with E-state index in [1.807, 2.05) is 54.2 Å². The Labute approximate surface area is 191 Å². The summed E-state index contributed by atoms with van der Waals surface area (Å²) in [5.74, 6) is 1.00. The second-order valence-electron chi connectivity index (χ2n) is 5.22. The van der Waals surface area contributed by atoms with E-state index in [0.717, 1.165) is 27.6 Å². The third kappa shape index (κ3) is 8.03. The molecule has 4 nitrogen and oxygen atoms in total. The summed E-state index contributed by atoms with van der Waals surface area (Å²) in [5.41, 5.74) is 2.55. The molecule has 0 aliphatic rings. The number of nitrogens with one attached hydrogen (secondary N) is 1. The van der Waals surface area contributed by atoms with E-state index in [4.69, 9.17) is 11.6 Å². The molecule has 25 heavy (non-hydrogen) atoms. The molecule has 0 aliphatic carbocycles. The number of aryl methyl sites for hydroxylation is 1. The van der Waals surface area contributed by atoms with Gasteiger partial charge in [0.2, 0.25) is 0 Å². The first-order valence-electron chi connectivity index (χ1n) is 7.39. The SMILES string of the molecule is Clc1ccc(CN(I)I)cc1.Cn1[nH]c(Cc2ccccc2)n[c]1=[Pt]. The van der Waals surface area contributed by atoms with Gasteiger partial charge >= 0.3 is 93.1 Å². The van der Waals surface area contributed by atoms with E-state index in [9.17, 15) is 0 Å². The fourth-order valence-electron chi connectivity index (χ4n) is 2.04. The molecule has 0 saturated carbocycles. The Morgan fingerprint density at radius 2 is 1.72 bits per heavy atom. The molecule has 0 fully saturated rings. The van der Waals surface area contributed by atoms with Crippen LogP contribution in [0.1, 0.15) is 17.0 Å². The van der Waals surface area contributed by atoms with Crippen LogP contribution in [0.2, 0.25) is 5.02 Å². The third-order valence-electron chi connectivity index (χ3n) is 3.20. The Kier molecular flexibility index (Phi) is 9.33. The van der Waals surface area contributed by atoms with Gasteiger partial charge in [0.1, 0.15) is 0 Å². The van der Waals surface area contributed by atoms with Gasteiger partial charge in [0.05, 0.1) is 0 Å². The van der Waals surface area contributed by atoms with Crippen molar-refractivity contribution in [2.75, 3.05) is 0 Å². The number of nitrogens with zero attached hydrogens (tertiary/aromatic N) is 3. The fraction of sp³-hybridized carbons (Fsp3) is 0.176. The van der Waals surface area contributed by atoms with Crippen LogP contribution in [0.3, 0.4) is 0 Å². The number of rotatable bonds is 4. The number of benzene rings is 2. The zero-order valence-electron chi connectivity index (χ0n) is 13.4. The molecule has 0 aliphatic heterocycles. The number of hydrogen-bond acceptors (Lipinski definition) is 2. The van der Waals surface area contributed by atoms with Gasteiger partial charge in [-0.3, -0.25) is 0 Å². The zero-order valence-corrected chi connectivity index (χ0v) is 20.7. The van der Waals surface area contributed by atoms with Crippen molar-refractivity contribution in [1.29, 1.82) is 0 Å². The van der Waals surface area contributed by atoms with Crippen molar-refractivity contribution in [1.82, 2.24) is 16.1 Å². The maximum absolute atomic E-state index is 5.73. The fourth-order valence-corrected chi connectivity index (χ4v) is 3.38. The zero-order chi connectivity index (χ0) is 18.2. The minimum absolute atomic E-state index is 0.794. The molecule has 3 aromatic rings. The van der Waals surface area contributed by atoms with E-state index in [-0.39, 0.29) is 0 Å². The molecule has 0 bridgehead atoms. The maximum atomic E-state index is 5.73. The average molecular weight is 762 g/mol. The monoisotopic (exact) mass is 761 g/mol. The van der Waals surface area contributed by atoms with Crippen molar-refractivity contribution >= 4 is 57.3 Å². The van der Waals surface area contributed by atoms with Gasteiger partial charge < -0.3 is 0 Å². The summed E-state index contributed by atoms with van der Waals surface area (Å²) in [6, 6.07) is 18.2. The first-order chi connectivity index (χ1) is 11.9. The van der Waals surface area contributed by atoms with Crippen LogP contribution >= 0.6 is 57.3 Å². The Morgan fingerprint density at radius 1 is 1.08 bits per heavy atom. The second kappa shape index (κ2) is 11.0. The van der Waals surface area contributed by atoms with Crippen LogP contribution < -0.4 is 0 Å². The molecule has 0 spiro atoms. The molecule has 0 radical (unpaired) electrons. The van der Waals surface area contributed by atoms with Gasteiger partial charge in [0, 0.05) is 57.3 Å². The number of aromatic nitrogens is 3. The summed E-state index contributed by atoms with van der Waals surface area (Å²) < 4.78 is 4.97. The molecule has 8 heteroatoms. The summed E-state index contributed by atoms with van der Waals surface area (Å²) in [6.07, 6.45) is 0.859. The Bertz CT molecular complexity index is 832. The topological polar surface area (TPSA) is 36.9 Å². The minimum atomic E-state index is 0.794. The van der Waals surface area contributed by atoms with Gasteiger partial charge in [0.25, 0.3) is 0 Å². The summed E-state index contributed by atoms with van der Waals surface area (Å²) in [5, 5.41) is 3.99. The van der Waals surface area contributed by atoms with E-state index < -0.39 is 0 Å². The van der Waals surface area contributed by atoms with Gasteiger partial charge in [-0.2, -0.15) is 1.33 Å². The first-order valence-corrected chi connectivity index (χ1v) is 10.8. The van der Waals surface area contributed by atoms with Crippen LogP contribution in [0.5, 0.6) is 0 Å².